The van der Waals surface area contributed by atoms with Crippen molar-refractivity contribution >= 4 is 17.5 Å². The summed E-state index contributed by atoms with van der Waals surface area (Å²) in [7, 11) is 0. The van der Waals surface area contributed by atoms with Gasteiger partial charge in [-0.1, -0.05) is 0 Å². The van der Waals surface area contributed by atoms with Gasteiger partial charge in [-0.3, -0.25) is 14.4 Å². The zero-order valence-electron chi connectivity index (χ0n) is 7.90. The van der Waals surface area contributed by atoms with Crippen molar-refractivity contribution in [3.05, 3.63) is 0 Å². The molecular weight excluding hydrogens is 176 g/mol. The Bertz CT molecular complexity index is 183. The Kier molecular flexibility index (Phi) is 8.16. The number of aliphatic hydroxyl groups is 1. The molecule has 0 spiro atoms. The fraction of sp³-hybridized carbons (Fsp3) is 0.625. The van der Waals surface area contributed by atoms with Crippen LogP contribution in [0.25, 0.3) is 0 Å². The van der Waals surface area contributed by atoms with E-state index >= 15 is 0 Å². The largest absolute Gasteiger partial charge is 0.481 e. The predicted molar refractivity (Wildman–Crippen MR) is 45.3 cm³/mol. The number of rotatable bonds is 3. The smallest absolute Gasteiger partial charge is 0.310 e. The van der Waals surface area contributed by atoms with Crippen LogP contribution in [-0.2, 0) is 14.4 Å². The molecule has 0 aromatic carbocycles. The van der Waals surface area contributed by atoms with Gasteiger partial charge in [-0.05, 0) is 20.8 Å². The third-order valence-corrected chi connectivity index (χ3v) is 0.989. The summed E-state index contributed by atoms with van der Waals surface area (Å²) in [6.45, 7) is 4.04. The summed E-state index contributed by atoms with van der Waals surface area (Å²) >= 11 is 0. The molecule has 1 atom stereocenters. The quantitative estimate of drug-likeness (QED) is 0.611. The number of aliphatic carboxylic acids is 1. The number of Topliss-reactive ketones (excluding diaryl/α,β-unsaturated/α-hetero) is 2. The van der Waals surface area contributed by atoms with E-state index in [1.54, 1.807) is 0 Å². The summed E-state index contributed by atoms with van der Waals surface area (Å²) in [5.41, 5.74) is 0. The average molecular weight is 190 g/mol. The lowest BCUT2D eigenvalue weighted by Gasteiger charge is -1.90. The second kappa shape index (κ2) is 7.42. The minimum atomic E-state index is -1.06. The lowest BCUT2D eigenvalue weighted by Crippen LogP contribution is -2.10. The van der Waals surface area contributed by atoms with Gasteiger partial charge in [0, 0.05) is 0 Å². The normalized spacial score (nSPS) is 10.8. The van der Waals surface area contributed by atoms with Gasteiger partial charge in [0.05, 0.1) is 0 Å². The van der Waals surface area contributed by atoms with Crippen molar-refractivity contribution in [2.45, 2.75) is 33.3 Å². The first-order valence-electron chi connectivity index (χ1n) is 3.67. The van der Waals surface area contributed by atoms with Crippen LogP contribution in [0.3, 0.4) is 0 Å². The Morgan fingerprint density at radius 3 is 1.54 bits per heavy atom. The van der Waals surface area contributed by atoms with Crippen molar-refractivity contribution in [2.24, 2.45) is 0 Å². The van der Waals surface area contributed by atoms with Crippen molar-refractivity contribution < 1.29 is 24.6 Å². The van der Waals surface area contributed by atoms with E-state index in [9.17, 15) is 14.4 Å². The molecule has 0 rings (SSSR count). The molecule has 0 aliphatic heterocycles. The number of hydrogen-bond acceptors (Lipinski definition) is 4. The SMILES string of the molecule is CC(=O)C(C)O.CC(=O)CC(=O)O. The maximum absolute atomic E-state index is 9.89. The van der Waals surface area contributed by atoms with Crippen LogP contribution in [0.15, 0.2) is 0 Å². The first kappa shape index (κ1) is 14.3. The minimum Gasteiger partial charge on any atom is -0.481 e. The van der Waals surface area contributed by atoms with E-state index in [1.807, 2.05) is 0 Å². The molecule has 0 bridgehead atoms. The van der Waals surface area contributed by atoms with Crippen LogP contribution in [0.5, 0.6) is 0 Å². The van der Waals surface area contributed by atoms with Gasteiger partial charge >= 0.3 is 5.97 Å². The van der Waals surface area contributed by atoms with Gasteiger partial charge in [0.25, 0.3) is 0 Å². The molecule has 0 saturated carbocycles. The average Bonchev–Trinajstić information content (AvgIpc) is 1.84. The van der Waals surface area contributed by atoms with Gasteiger partial charge in [-0.25, -0.2) is 0 Å². The summed E-state index contributed by atoms with van der Waals surface area (Å²) in [6, 6.07) is 0. The minimum absolute atomic E-state index is 0.185. The molecule has 2 N–H and O–H groups in total. The molecule has 0 aliphatic carbocycles. The van der Waals surface area contributed by atoms with Crippen LogP contribution in [0, 0.1) is 0 Å². The van der Waals surface area contributed by atoms with Crippen LogP contribution in [0.2, 0.25) is 0 Å². The summed E-state index contributed by atoms with van der Waals surface area (Å²) < 4.78 is 0. The molecule has 0 aliphatic rings. The highest BCUT2D eigenvalue weighted by molar-refractivity contribution is 5.93. The zero-order valence-corrected chi connectivity index (χ0v) is 7.90. The van der Waals surface area contributed by atoms with Gasteiger partial charge in [-0.2, -0.15) is 0 Å². The molecule has 5 heteroatoms. The first-order valence-corrected chi connectivity index (χ1v) is 3.67. The molecule has 0 aromatic heterocycles. The van der Waals surface area contributed by atoms with Crippen LogP contribution in [-0.4, -0.2) is 33.9 Å². The summed E-state index contributed by atoms with van der Waals surface area (Å²) in [5, 5.41) is 16.1. The summed E-state index contributed by atoms with van der Waals surface area (Å²) in [6.07, 6.45) is -1.15. The van der Waals surface area contributed by atoms with E-state index < -0.39 is 12.1 Å². The number of hydrogen-bond donors (Lipinski definition) is 2. The number of ketones is 2. The van der Waals surface area contributed by atoms with Gasteiger partial charge in [0.1, 0.15) is 18.3 Å². The molecule has 0 saturated heterocycles. The summed E-state index contributed by atoms with van der Waals surface area (Å²) in [4.78, 5) is 29.4. The van der Waals surface area contributed by atoms with E-state index in [4.69, 9.17) is 10.2 Å². The van der Waals surface area contributed by atoms with Crippen molar-refractivity contribution in [3.8, 4) is 0 Å². The zero-order chi connectivity index (χ0) is 11.0. The monoisotopic (exact) mass is 190 g/mol. The third-order valence-electron chi connectivity index (χ3n) is 0.989. The van der Waals surface area contributed by atoms with Crippen molar-refractivity contribution in [1.82, 2.24) is 0 Å². The number of carboxylic acid groups (broad SMARTS) is 1. The predicted octanol–water partition coefficient (Wildman–Crippen LogP) is 0.00630. The van der Waals surface area contributed by atoms with Gasteiger partial charge in [-0.15, -0.1) is 0 Å². The lowest BCUT2D eigenvalue weighted by molar-refractivity contribution is -0.139. The molecule has 0 aromatic rings. The second-order valence-corrected chi connectivity index (χ2v) is 2.56. The number of carboxylic acids is 1. The molecule has 0 heterocycles. The molecule has 76 valence electrons. The maximum atomic E-state index is 9.89. The van der Waals surface area contributed by atoms with E-state index in [0.717, 1.165) is 0 Å². The van der Waals surface area contributed by atoms with Crippen molar-refractivity contribution in [1.29, 1.82) is 0 Å². The Balaban J connectivity index is 0. The Morgan fingerprint density at radius 2 is 1.54 bits per heavy atom. The molecule has 13 heavy (non-hydrogen) atoms. The van der Waals surface area contributed by atoms with Gasteiger partial charge < -0.3 is 10.2 Å². The van der Waals surface area contributed by atoms with Crippen LogP contribution < -0.4 is 0 Å². The maximum Gasteiger partial charge on any atom is 0.310 e. The fourth-order valence-corrected chi connectivity index (χ4v) is 0.213. The van der Waals surface area contributed by atoms with Gasteiger partial charge in [0.15, 0.2) is 5.78 Å². The molecule has 0 fully saturated rings. The van der Waals surface area contributed by atoms with Crippen molar-refractivity contribution in [2.75, 3.05) is 0 Å². The highest BCUT2D eigenvalue weighted by Gasteiger charge is 1.98. The Hall–Kier alpha value is -1.23. The highest BCUT2D eigenvalue weighted by atomic mass is 16.4. The first-order chi connectivity index (χ1) is 5.77. The van der Waals surface area contributed by atoms with E-state index in [2.05, 4.69) is 0 Å². The van der Waals surface area contributed by atoms with E-state index in [1.165, 1.54) is 20.8 Å². The highest BCUT2D eigenvalue weighted by Crippen LogP contribution is 1.77. The number of carbonyl (C=O) groups excluding carboxylic acids is 2. The standard InChI is InChI=1S/C4H6O3.C4H8O2/c1-3(5)2-4(6)7;1-3(5)4(2)6/h2H2,1H3,(H,6,7);3,5H,1-2H3. The summed E-state index contributed by atoms with van der Waals surface area (Å²) in [5.74, 6) is -1.56. The fourth-order valence-electron chi connectivity index (χ4n) is 0.213. The molecule has 0 radical (unpaired) electrons. The third kappa shape index (κ3) is 18.1. The topological polar surface area (TPSA) is 91.7 Å². The molecule has 5 nitrogen and oxygen atoms in total. The molecule has 0 amide bonds. The number of aliphatic hydroxyl groups excluding tert-OH is 1. The Labute approximate surface area is 76.4 Å². The van der Waals surface area contributed by atoms with Crippen LogP contribution in [0.4, 0.5) is 0 Å². The van der Waals surface area contributed by atoms with E-state index in [-0.39, 0.29) is 18.0 Å². The van der Waals surface area contributed by atoms with E-state index in [0.29, 0.717) is 0 Å². The lowest BCUT2D eigenvalue weighted by atomic mass is 10.3. The molecule has 1 unspecified atom stereocenters. The van der Waals surface area contributed by atoms with Crippen LogP contribution >= 0.6 is 0 Å². The van der Waals surface area contributed by atoms with Crippen molar-refractivity contribution in [3.63, 3.8) is 0 Å². The second-order valence-electron chi connectivity index (χ2n) is 2.56. The molecular formula is C8H14O5. The van der Waals surface area contributed by atoms with Gasteiger partial charge in [0.2, 0.25) is 0 Å². The Morgan fingerprint density at radius 1 is 1.23 bits per heavy atom. The number of carbonyl (C=O) groups is 3. The van der Waals surface area contributed by atoms with Crippen LogP contribution in [0.1, 0.15) is 27.2 Å².